The Labute approximate surface area is 127 Å². The molecule has 1 aromatic rings. The maximum absolute atomic E-state index is 12.0. The summed E-state index contributed by atoms with van der Waals surface area (Å²) in [6.07, 6.45) is 1.72. The van der Waals surface area contributed by atoms with Crippen LogP contribution < -0.4 is 5.43 Å². The van der Waals surface area contributed by atoms with Crippen LogP contribution in [-0.4, -0.2) is 29.7 Å². The van der Waals surface area contributed by atoms with Gasteiger partial charge in [0.05, 0.1) is 5.92 Å². The highest BCUT2D eigenvalue weighted by molar-refractivity contribution is 5.73. The lowest BCUT2D eigenvalue weighted by Crippen LogP contribution is -2.45. The number of nitrogens with zero attached hydrogens (tertiary/aromatic N) is 1. The van der Waals surface area contributed by atoms with Crippen LogP contribution in [0.1, 0.15) is 39.2 Å². The van der Waals surface area contributed by atoms with E-state index in [0.29, 0.717) is 0 Å². The minimum atomic E-state index is -0.389. The van der Waals surface area contributed by atoms with Crippen molar-refractivity contribution in [2.24, 2.45) is 5.92 Å². The average Bonchev–Trinajstić information content (AvgIpc) is 2.45. The first kappa shape index (κ1) is 16.0. The summed E-state index contributed by atoms with van der Waals surface area (Å²) in [5.41, 5.74) is 4.31. The number of hydrazine groups is 1. The number of hydrogen-bond acceptors (Lipinski definition) is 4. The Morgan fingerprint density at radius 3 is 2.43 bits per heavy atom. The highest BCUT2D eigenvalue weighted by atomic mass is 16.6. The van der Waals surface area contributed by atoms with Crippen LogP contribution in [0.4, 0.5) is 0 Å². The maximum atomic E-state index is 12.0. The van der Waals surface area contributed by atoms with Gasteiger partial charge in [0.25, 0.3) is 0 Å². The van der Waals surface area contributed by atoms with E-state index >= 15 is 0 Å². The maximum Gasteiger partial charge on any atom is 0.309 e. The highest BCUT2D eigenvalue weighted by Crippen LogP contribution is 2.20. The summed E-state index contributed by atoms with van der Waals surface area (Å²) in [4.78, 5) is 12.0. The quantitative estimate of drug-likeness (QED) is 0.866. The summed E-state index contributed by atoms with van der Waals surface area (Å²) in [6.45, 7) is 8.36. The first-order valence-corrected chi connectivity index (χ1v) is 7.69. The van der Waals surface area contributed by atoms with Gasteiger partial charge in [-0.15, -0.1) is 0 Å². The molecule has 21 heavy (non-hydrogen) atoms. The Balaban J connectivity index is 1.72. The summed E-state index contributed by atoms with van der Waals surface area (Å²) in [5, 5.41) is 2.20. The molecule has 0 bridgehead atoms. The van der Waals surface area contributed by atoms with Crippen LogP contribution in [0.15, 0.2) is 30.3 Å². The Morgan fingerprint density at radius 1 is 1.24 bits per heavy atom. The van der Waals surface area contributed by atoms with Crippen molar-refractivity contribution < 1.29 is 9.53 Å². The molecule has 1 aliphatic rings. The molecular formula is C17H26N2O2. The second kappa shape index (κ2) is 7.05. The zero-order valence-electron chi connectivity index (χ0n) is 13.3. The normalized spacial score (nSPS) is 17.7. The standard InChI is InChI=1S/C17H26N2O2/c1-17(2,3)21-16(20)15-9-11-19(12-10-15)18-13-14-7-5-4-6-8-14/h4-8,15,18H,9-13H2,1-3H3. The highest BCUT2D eigenvalue weighted by Gasteiger charge is 2.28. The SMILES string of the molecule is CC(C)(C)OC(=O)C1CCN(NCc2ccccc2)CC1. The molecule has 0 amide bonds. The summed E-state index contributed by atoms with van der Waals surface area (Å²) >= 11 is 0. The number of piperidine rings is 1. The van der Waals surface area contributed by atoms with Crippen molar-refractivity contribution in [1.29, 1.82) is 0 Å². The lowest BCUT2D eigenvalue weighted by molar-refractivity contribution is -0.161. The molecule has 1 saturated heterocycles. The third kappa shape index (κ3) is 5.48. The van der Waals surface area contributed by atoms with Gasteiger partial charge < -0.3 is 4.74 Å². The lowest BCUT2D eigenvalue weighted by Gasteiger charge is -2.32. The molecule has 0 aliphatic carbocycles. The Hall–Kier alpha value is -1.39. The summed E-state index contributed by atoms with van der Waals surface area (Å²) < 4.78 is 5.46. The van der Waals surface area contributed by atoms with Gasteiger partial charge in [0.15, 0.2) is 0 Å². The van der Waals surface area contributed by atoms with E-state index in [4.69, 9.17) is 4.74 Å². The largest absolute Gasteiger partial charge is 0.460 e. The molecule has 116 valence electrons. The van der Waals surface area contributed by atoms with Crippen LogP contribution in [0.25, 0.3) is 0 Å². The van der Waals surface area contributed by atoms with Crippen molar-refractivity contribution in [2.75, 3.05) is 13.1 Å². The number of carbonyl (C=O) groups excluding carboxylic acids is 1. The molecule has 0 unspecified atom stereocenters. The number of nitrogens with one attached hydrogen (secondary N) is 1. The molecule has 0 saturated carbocycles. The van der Waals surface area contributed by atoms with E-state index < -0.39 is 0 Å². The fourth-order valence-electron chi connectivity index (χ4n) is 2.46. The van der Waals surface area contributed by atoms with Gasteiger partial charge in [-0.05, 0) is 39.2 Å². The van der Waals surface area contributed by atoms with E-state index in [1.807, 2.05) is 39.0 Å². The van der Waals surface area contributed by atoms with Crippen LogP contribution >= 0.6 is 0 Å². The number of carbonyl (C=O) groups is 1. The second-order valence-electron chi connectivity index (χ2n) is 6.62. The van der Waals surface area contributed by atoms with Crippen LogP contribution in [0.5, 0.6) is 0 Å². The number of hydrogen-bond donors (Lipinski definition) is 1. The first-order valence-electron chi connectivity index (χ1n) is 7.69. The lowest BCUT2D eigenvalue weighted by atomic mass is 9.97. The van der Waals surface area contributed by atoms with Gasteiger partial charge in [0, 0.05) is 19.6 Å². The first-order chi connectivity index (χ1) is 9.94. The van der Waals surface area contributed by atoms with Crippen molar-refractivity contribution >= 4 is 5.97 Å². The van der Waals surface area contributed by atoms with Gasteiger partial charge in [-0.3, -0.25) is 10.2 Å². The van der Waals surface area contributed by atoms with Crippen molar-refractivity contribution in [3.63, 3.8) is 0 Å². The van der Waals surface area contributed by atoms with Gasteiger partial charge >= 0.3 is 5.97 Å². The summed E-state index contributed by atoms with van der Waals surface area (Å²) in [5.74, 6) is -0.00999. The molecule has 1 aromatic carbocycles. The smallest absolute Gasteiger partial charge is 0.309 e. The van der Waals surface area contributed by atoms with Gasteiger partial charge in [-0.1, -0.05) is 30.3 Å². The third-order valence-corrected chi connectivity index (χ3v) is 3.58. The predicted molar refractivity (Wildman–Crippen MR) is 83.4 cm³/mol. The molecule has 4 heteroatoms. The van der Waals surface area contributed by atoms with Crippen LogP contribution in [-0.2, 0) is 16.1 Å². The third-order valence-electron chi connectivity index (χ3n) is 3.58. The second-order valence-corrected chi connectivity index (χ2v) is 6.62. The van der Waals surface area contributed by atoms with Crippen molar-refractivity contribution in [3.05, 3.63) is 35.9 Å². The number of rotatable bonds is 4. The van der Waals surface area contributed by atoms with Gasteiger partial charge in [-0.2, -0.15) is 0 Å². The molecule has 2 rings (SSSR count). The zero-order chi connectivity index (χ0) is 15.3. The van der Waals surface area contributed by atoms with E-state index in [2.05, 4.69) is 22.6 Å². The minimum Gasteiger partial charge on any atom is -0.460 e. The van der Waals surface area contributed by atoms with Gasteiger partial charge in [-0.25, -0.2) is 5.01 Å². The Morgan fingerprint density at radius 2 is 1.86 bits per heavy atom. The minimum absolute atomic E-state index is 0.0407. The topological polar surface area (TPSA) is 41.6 Å². The van der Waals surface area contributed by atoms with E-state index in [0.717, 1.165) is 32.5 Å². The van der Waals surface area contributed by atoms with E-state index in [-0.39, 0.29) is 17.5 Å². The molecule has 0 atom stereocenters. The Bertz CT molecular complexity index is 446. The average molecular weight is 290 g/mol. The number of benzene rings is 1. The fourth-order valence-corrected chi connectivity index (χ4v) is 2.46. The van der Waals surface area contributed by atoms with E-state index in [9.17, 15) is 4.79 Å². The molecule has 4 nitrogen and oxygen atoms in total. The van der Waals surface area contributed by atoms with Crippen molar-refractivity contribution in [3.8, 4) is 0 Å². The van der Waals surface area contributed by atoms with Gasteiger partial charge in [0.1, 0.15) is 5.60 Å². The molecule has 0 aromatic heterocycles. The predicted octanol–water partition coefficient (Wildman–Crippen LogP) is 2.74. The van der Waals surface area contributed by atoms with Gasteiger partial charge in [0.2, 0.25) is 0 Å². The monoisotopic (exact) mass is 290 g/mol. The van der Waals surface area contributed by atoms with Crippen LogP contribution in [0, 0.1) is 5.92 Å². The van der Waals surface area contributed by atoms with Crippen LogP contribution in [0.3, 0.4) is 0 Å². The molecule has 1 N–H and O–H groups in total. The molecule has 1 aliphatic heterocycles. The number of ether oxygens (including phenoxy) is 1. The molecular weight excluding hydrogens is 264 g/mol. The Kier molecular flexibility index (Phi) is 5.37. The van der Waals surface area contributed by atoms with Crippen molar-refractivity contribution in [2.45, 2.75) is 45.8 Å². The summed E-state index contributed by atoms with van der Waals surface area (Å²) in [6, 6.07) is 10.3. The van der Waals surface area contributed by atoms with Crippen LogP contribution in [0.2, 0.25) is 0 Å². The van der Waals surface area contributed by atoms with Crippen molar-refractivity contribution in [1.82, 2.24) is 10.4 Å². The summed E-state index contributed by atoms with van der Waals surface area (Å²) in [7, 11) is 0. The molecule has 0 spiro atoms. The van der Waals surface area contributed by atoms with E-state index in [1.165, 1.54) is 5.56 Å². The zero-order valence-corrected chi connectivity index (χ0v) is 13.3. The molecule has 1 fully saturated rings. The van der Waals surface area contributed by atoms with E-state index in [1.54, 1.807) is 0 Å². The fraction of sp³-hybridized carbons (Fsp3) is 0.588. The molecule has 1 heterocycles. The molecule has 0 radical (unpaired) electrons. The number of esters is 1.